The van der Waals surface area contributed by atoms with Gasteiger partial charge in [0.05, 0.1) is 11.8 Å². The first-order valence-corrected chi connectivity index (χ1v) is 9.54. The van der Waals surface area contributed by atoms with E-state index in [1.54, 1.807) is 13.0 Å². The van der Waals surface area contributed by atoms with E-state index in [2.05, 4.69) is 20.8 Å². The monoisotopic (exact) mass is 363 g/mol. The zero-order valence-corrected chi connectivity index (χ0v) is 15.1. The maximum absolute atomic E-state index is 13.5. The number of aromatic nitrogens is 4. The molecule has 1 heterocycles. The molecule has 0 atom stereocenters. The summed E-state index contributed by atoms with van der Waals surface area (Å²) in [6, 6.07) is 5.32. The van der Waals surface area contributed by atoms with Crippen LogP contribution in [0.15, 0.2) is 23.4 Å². The second-order valence-electron chi connectivity index (χ2n) is 6.35. The van der Waals surface area contributed by atoms with Crippen LogP contribution >= 0.6 is 11.8 Å². The van der Waals surface area contributed by atoms with Crippen LogP contribution in [0.1, 0.15) is 49.3 Å². The van der Waals surface area contributed by atoms with Crippen molar-refractivity contribution in [3.05, 3.63) is 35.1 Å². The van der Waals surface area contributed by atoms with Crippen LogP contribution in [0.5, 0.6) is 0 Å². The molecule has 0 unspecified atom stereocenters. The summed E-state index contributed by atoms with van der Waals surface area (Å²) in [6.45, 7) is 2.02. The molecule has 0 aliphatic heterocycles. The minimum Gasteiger partial charge on any atom is -0.351 e. The molecule has 1 aromatic heterocycles. The molecular weight excluding hydrogens is 341 g/mol. The summed E-state index contributed by atoms with van der Waals surface area (Å²) in [5, 5.41) is 15.4. The van der Waals surface area contributed by atoms with Gasteiger partial charge in [-0.05, 0) is 47.4 Å². The number of nitrogens with zero attached hydrogens (tertiary/aromatic N) is 4. The molecule has 25 heavy (non-hydrogen) atoms. The van der Waals surface area contributed by atoms with E-state index in [9.17, 15) is 9.18 Å². The number of hydrogen-bond donors (Lipinski definition) is 1. The van der Waals surface area contributed by atoms with Crippen molar-refractivity contribution in [1.29, 1.82) is 0 Å². The van der Waals surface area contributed by atoms with E-state index in [1.165, 1.54) is 37.1 Å². The average molecular weight is 363 g/mol. The Labute approximate surface area is 150 Å². The summed E-state index contributed by atoms with van der Waals surface area (Å²) < 4.78 is 15.4. The molecule has 1 aliphatic rings. The van der Waals surface area contributed by atoms with Crippen molar-refractivity contribution in [2.45, 2.75) is 56.8 Å². The number of carbonyl (C=O) groups excluding carboxylic acids is 1. The molecule has 134 valence electrons. The SMILES string of the molecule is Cc1ccc(CNC(=O)CSc2nnnn2C2CCCCC2)cc1F. The topological polar surface area (TPSA) is 72.7 Å². The number of carbonyl (C=O) groups is 1. The van der Waals surface area contributed by atoms with E-state index in [-0.39, 0.29) is 17.5 Å². The Kier molecular flexibility index (Phi) is 6.01. The van der Waals surface area contributed by atoms with Gasteiger partial charge >= 0.3 is 0 Å². The fraction of sp³-hybridized carbons (Fsp3) is 0.529. The number of thioether (sulfide) groups is 1. The van der Waals surface area contributed by atoms with Crippen molar-refractivity contribution < 1.29 is 9.18 Å². The molecule has 0 spiro atoms. The molecule has 0 bridgehead atoms. The third-order valence-electron chi connectivity index (χ3n) is 4.44. The van der Waals surface area contributed by atoms with Crippen LogP contribution in [0.2, 0.25) is 0 Å². The number of halogens is 1. The summed E-state index contributed by atoms with van der Waals surface area (Å²) >= 11 is 1.34. The molecule has 2 aromatic rings. The molecule has 8 heteroatoms. The van der Waals surface area contributed by atoms with Gasteiger partial charge in [0, 0.05) is 6.54 Å². The summed E-state index contributed by atoms with van der Waals surface area (Å²) in [4.78, 5) is 12.0. The van der Waals surface area contributed by atoms with Crippen LogP contribution in [0, 0.1) is 12.7 Å². The third kappa shape index (κ3) is 4.78. The van der Waals surface area contributed by atoms with Crippen molar-refractivity contribution in [2.24, 2.45) is 0 Å². The van der Waals surface area contributed by atoms with Crippen LogP contribution in [0.3, 0.4) is 0 Å². The lowest BCUT2D eigenvalue weighted by atomic mass is 9.96. The maximum Gasteiger partial charge on any atom is 0.230 e. The van der Waals surface area contributed by atoms with Crippen LogP contribution in [-0.2, 0) is 11.3 Å². The lowest BCUT2D eigenvalue weighted by Gasteiger charge is -2.21. The van der Waals surface area contributed by atoms with Crippen molar-refractivity contribution in [1.82, 2.24) is 25.5 Å². The van der Waals surface area contributed by atoms with Crippen molar-refractivity contribution in [3.63, 3.8) is 0 Å². The highest BCUT2D eigenvalue weighted by Crippen LogP contribution is 2.30. The molecule has 0 saturated heterocycles. The van der Waals surface area contributed by atoms with Gasteiger partial charge in [0.25, 0.3) is 0 Å². The Morgan fingerprint density at radius 1 is 1.36 bits per heavy atom. The second kappa shape index (κ2) is 8.42. The number of hydrogen-bond acceptors (Lipinski definition) is 5. The van der Waals surface area contributed by atoms with Gasteiger partial charge < -0.3 is 5.32 Å². The van der Waals surface area contributed by atoms with Crippen LogP contribution in [-0.4, -0.2) is 31.9 Å². The summed E-state index contributed by atoms with van der Waals surface area (Å²) in [5.41, 5.74) is 1.34. The normalized spacial score (nSPS) is 15.3. The molecule has 0 radical (unpaired) electrons. The largest absolute Gasteiger partial charge is 0.351 e. The number of benzene rings is 1. The molecule has 1 N–H and O–H groups in total. The molecular formula is C17H22FN5OS. The van der Waals surface area contributed by atoms with E-state index in [1.807, 2.05) is 10.7 Å². The van der Waals surface area contributed by atoms with Gasteiger partial charge in [0.1, 0.15) is 5.82 Å². The van der Waals surface area contributed by atoms with Gasteiger partial charge in [0.15, 0.2) is 0 Å². The second-order valence-corrected chi connectivity index (χ2v) is 7.29. The zero-order valence-electron chi connectivity index (χ0n) is 14.2. The van der Waals surface area contributed by atoms with Crippen LogP contribution in [0.25, 0.3) is 0 Å². The Hall–Kier alpha value is -1.96. The maximum atomic E-state index is 13.5. The summed E-state index contributed by atoms with van der Waals surface area (Å²) in [7, 11) is 0. The highest BCUT2D eigenvalue weighted by Gasteiger charge is 2.20. The molecule has 6 nitrogen and oxygen atoms in total. The number of rotatable bonds is 6. The van der Waals surface area contributed by atoms with Gasteiger partial charge in [-0.3, -0.25) is 4.79 Å². The van der Waals surface area contributed by atoms with Crippen molar-refractivity contribution in [2.75, 3.05) is 5.75 Å². The fourth-order valence-electron chi connectivity index (χ4n) is 2.96. The average Bonchev–Trinajstić information content (AvgIpc) is 3.10. The number of amides is 1. The highest BCUT2D eigenvalue weighted by molar-refractivity contribution is 7.99. The molecule has 1 amide bonds. The smallest absolute Gasteiger partial charge is 0.230 e. The summed E-state index contributed by atoms with van der Waals surface area (Å²) in [5.74, 6) is -0.140. The fourth-order valence-corrected chi connectivity index (χ4v) is 3.74. The van der Waals surface area contributed by atoms with Gasteiger partial charge in [-0.2, -0.15) is 0 Å². The first-order valence-electron chi connectivity index (χ1n) is 8.56. The first-order chi connectivity index (χ1) is 12.1. The standard InChI is InChI=1S/C17H22FN5OS/c1-12-7-8-13(9-15(12)18)10-19-16(24)11-25-17-20-21-22-23(17)14-5-3-2-4-6-14/h7-9,14H,2-6,10-11H2,1H3,(H,19,24). The van der Waals surface area contributed by atoms with E-state index in [0.29, 0.717) is 23.3 Å². The summed E-state index contributed by atoms with van der Waals surface area (Å²) in [6.07, 6.45) is 5.83. The number of tetrazole rings is 1. The van der Waals surface area contributed by atoms with Crippen LogP contribution in [0.4, 0.5) is 4.39 Å². The third-order valence-corrected chi connectivity index (χ3v) is 5.37. The molecule has 1 fully saturated rings. The van der Waals surface area contributed by atoms with E-state index >= 15 is 0 Å². The van der Waals surface area contributed by atoms with Crippen LogP contribution < -0.4 is 5.32 Å². The van der Waals surface area contributed by atoms with E-state index in [0.717, 1.165) is 18.4 Å². The molecule has 1 aliphatic carbocycles. The van der Waals surface area contributed by atoms with Gasteiger partial charge in [-0.1, -0.05) is 43.2 Å². The van der Waals surface area contributed by atoms with Gasteiger partial charge in [-0.25, -0.2) is 9.07 Å². The molecule has 3 rings (SSSR count). The Balaban J connectivity index is 1.49. The minimum atomic E-state index is -0.257. The Morgan fingerprint density at radius 3 is 2.92 bits per heavy atom. The lowest BCUT2D eigenvalue weighted by molar-refractivity contribution is -0.118. The Morgan fingerprint density at radius 2 is 2.16 bits per heavy atom. The minimum absolute atomic E-state index is 0.121. The van der Waals surface area contributed by atoms with Gasteiger partial charge in [0.2, 0.25) is 11.1 Å². The highest BCUT2D eigenvalue weighted by atomic mass is 32.2. The van der Waals surface area contributed by atoms with E-state index < -0.39 is 0 Å². The first kappa shape index (κ1) is 17.8. The lowest BCUT2D eigenvalue weighted by Crippen LogP contribution is -2.25. The predicted molar refractivity (Wildman–Crippen MR) is 93.6 cm³/mol. The number of aryl methyl sites for hydroxylation is 1. The Bertz CT molecular complexity index is 730. The number of nitrogens with one attached hydrogen (secondary N) is 1. The zero-order chi connectivity index (χ0) is 17.6. The van der Waals surface area contributed by atoms with E-state index in [4.69, 9.17) is 0 Å². The predicted octanol–water partition coefficient (Wildman–Crippen LogP) is 3.03. The quantitative estimate of drug-likeness (QED) is 0.799. The van der Waals surface area contributed by atoms with Crippen molar-refractivity contribution >= 4 is 17.7 Å². The molecule has 1 saturated carbocycles. The van der Waals surface area contributed by atoms with Crippen molar-refractivity contribution in [3.8, 4) is 0 Å². The molecule has 1 aromatic carbocycles. The van der Waals surface area contributed by atoms with Gasteiger partial charge in [-0.15, -0.1) is 5.10 Å².